The number of pyridine rings is 1. The van der Waals surface area contributed by atoms with Crippen molar-refractivity contribution < 1.29 is 37.8 Å². The van der Waals surface area contributed by atoms with Crippen molar-refractivity contribution in [1.29, 1.82) is 0 Å². The summed E-state index contributed by atoms with van der Waals surface area (Å²) in [5.41, 5.74) is 3.34. The van der Waals surface area contributed by atoms with Crippen molar-refractivity contribution in [1.82, 2.24) is 0 Å². The van der Waals surface area contributed by atoms with Gasteiger partial charge in [0.1, 0.15) is 11.6 Å². The Morgan fingerprint density at radius 3 is 2.61 bits per heavy atom. The Kier molecular flexibility index (Phi) is 9.01. The monoisotopic (exact) mass is 622 g/mol. The third-order valence-corrected chi connectivity index (χ3v) is 8.13. The number of benzene rings is 3. The van der Waals surface area contributed by atoms with E-state index in [4.69, 9.17) is 21.1 Å². The number of hydrogen-bond acceptors (Lipinski definition) is 5. The molecule has 0 saturated carbocycles. The first kappa shape index (κ1) is 30.7. The zero-order chi connectivity index (χ0) is 31.5. The molecule has 2 amide bonds. The van der Waals surface area contributed by atoms with Crippen LogP contribution in [-0.2, 0) is 9.53 Å². The predicted molar refractivity (Wildman–Crippen MR) is 162 cm³/mol. The smallest absolute Gasteiger partial charge is 0.411 e. The van der Waals surface area contributed by atoms with E-state index in [1.165, 1.54) is 20.4 Å². The van der Waals surface area contributed by atoms with Crippen LogP contribution in [0.15, 0.2) is 66.9 Å². The Balaban J connectivity index is 1.64. The van der Waals surface area contributed by atoms with Crippen molar-refractivity contribution in [3.63, 3.8) is 0 Å². The van der Waals surface area contributed by atoms with Crippen LogP contribution < -0.4 is 20.1 Å². The topological polar surface area (TPSA) is 101 Å². The Morgan fingerprint density at radius 2 is 1.86 bits per heavy atom. The molecule has 5 rings (SSSR count). The van der Waals surface area contributed by atoms with Crippen LogP contribution in [0.3, 0.4) is 0 Å². The first-order valence-corrected chi connectivity index (χ1v) is 14.4. The van der Waals surface area contributed by atoms with Crippen LogP contribution in [0.25, 0.3) is 22.3 Å². The zero-order valence-corrected chi connectivity index (χ0v) is 25.0. The summed E-state index contributed by atoms with van der Waals surface area (Å²) in [6.45, 7) is 1.84. The summed E-state index contributed by atoms with van der Waals surface area (Å²) in [7, 11) is 2.65. The number of amides is 2. The lowest BCUT2D eigenvalue weighted by Gasteiger charge is -2.21. The van der Waals surface area contributed by atoms with Crippen LogP contribution in [0.4, 0.5) is 25.0 Å². The summed E-state index contributed by atoms with van der Waals surface area (Å²) >= 11 is 5.94. The third kappa shape index (κ3) is 6.16. The molecule has 228 valence electrons. The second-order valence-electron chi connectivity index (χ2n) is 10.6. The van der Waals surface area contributed by atoms with E-state index < -0.39 is 23.3 Å². The summed E-state index contributed by atoms with van der Waals surface area (Å²) < 4.78 is 40.9. The summed E-state index contributed by atoms with van der Waals surface area (Å²) in [5, 5.41) is 16.6. The van der Waals surface area contributed by atoms with Gasteiger partial charge in [-0.15, -0.1) is 0 Å². The number of halogens is 3. The highest BCUT2D eigenvalue weighted by Gasteiger charge is 2.31. The lowest BCUT2D eigenvalue weighted by atomic mass is 9.86. The van der Waals surface area contributed by atoms with Gasteiger partial charge in [-0.3, -0.25) is 15.3 Å². The minimum absolute atomic E-state index is 0.00579. The minimum Gasteiger partial charge on any atom is -0.496 e. The van der Waals surface area contributed by atoms with Crippen molar-refractivity contribution in [2.24, 2.45) is 5.92 Å². The molecule has 2 atom stereocenters. The Bertz CT molecular complexity index is 1750. The molecule has 1 aromatic heterocycles. The molecule has 0 fully saturated rings. The Morgan fingerprint density at radius 1 is 1.07 bits per heavy atom. The molecule has 8 nitrogen and oxygen atoms in total. The quantitative estimate of drug-likeness (QED) is 0.124. The number of nitrogens with one attached hydrogen (secondary N) is 2. The largest absolute Gasteiger partial charge is 0.496 e. The number of carbonyl (C=O) groups excluding carboxylic acids is 2. The van der Waals surface area contributed by atoms with Crippen molar-refractivity contribution in [2.75, 3.05) is 24.9 Å². The zero-order valence-electron chi connectivity index (χ0n) is 24.3. The van der Waals surface area contributed by atoms with Gasteiger partial charge in [0.25, 0.3) is 0 Å². The first-order valence-electron chi connectivity index (χ1n) is 14.0. The number of hydrogen-bond donors (Lipinski definition) is 3. The van der Waals surface area contributed by atoms with Gasteiger partial charge in [0.15, 0.2) is 5.82 Å². The van der Waals surface area contributed by atoms with Crippen molar-refractivity contribution in [2.45, 2.75) is 32.1 Å². The van der Waals surface area contributed by atoms with Gasteiger partial charge in [0.2, 0.25) is 17.8 Å². The van der Waals surface area contributed by atoms with Gasteiger partial charge in [0.05, 0.1) is 48.0 Å². The summed E-state index contributed by atoms with van der Waals surface area (Å²) in [6.07, 6.45) is 2.31. The van der Waals surface area contributed by atoms with Gasteiger partial charge >= 0.3 is 6.09 Å². The van der Waals surface area contributed by atoms with E-state index in [0.717, 1.165) is 33.6 Å². The molecule has 4 aromatic rings. The molecule has 3 aromatic carbocycles. The molecule has 11 heteroatoms. The fourth-order valence-corrected chi connectivity index (χ4v) is 5.66. The van der Waals surface area contributed by atoms with E-state index in [1.807, 2.05) is 31.2 Å². The van der Waals surface area contributed by atoms with E-state index in [9.17, 15) is 23.6 Å². The summed E-state index contributed by atoms with van der Waals surface area (Å²) in [6, 6.07) is 16.6. The maximum atomic E-state index is 15.0. The lowest BCUT2D eigenvalue weighted by molar-refractivity contribution is -0.909. The van der Waals surface area contributed by atoms with Crippen LogP contribution in [0.1, 0.15) is 43.4 Å². The number of anilines is 2. The molecule has 2 bridgehead atoms. The van der Waals surface area contributed by atoms with Crippen LogP contribution >= 0.6 is 11.6 Å². The number of carbonyl (C=O) groups is 2. The molecule has 1 aliphatic heterocycles. The number of fused-ring (bicyclic) bond motifs is 4. The number of aromatic nitrogens is 1. The number of rotatable bonds is 4. The van der Waals surface area contributed by atoms with Crippen LogP contribution in [0, 0.1) is 17.6 Å². The summed E-state index contributed by atoms with van der Waals surface area (Å²) in [4.78, 5) is 25.0. The van der Waals surface area contributed by atoms with Crippen molar-refractivity contribution in [3.05, 3.63) is 94.8 Å². The maximum Gasteiger partial charge on any atom is 0.411 e. The number of methoxy groups -OCH3 is 2. The van der Waals surface area contributed by atoms with Gasteiger partial charge in [-0.05, 0) is 48.2 Å². The van der Waals surface area contributed by atoms with Gasteiger partial charge in [0, 0.05) is 21.9 Å². The standard InChI is InChI=1S/C33H30ClF2N3O5/c1-18-6-4-9-23(28-16-29(43-2)24(17-39(28)42)30-26(35)13-12-25(34)31(30)36)20-8-5-7-19(14-20)22-11-10-21(37-33(41)44-3)15-27(22)38-32(18)40/h5,7-8,10-18,23H,4,6,9H2,1-3H3,(H2-,37,38,40,41,42)/p+1. The van der Waals surface area contributed by atoms with Gasteiger partial charge in [-0.25, -0.2) is 13.6 Å². The van der Waals surface area contributed by atoms with Gasteiger partial charge in [-0.1, -0.05) is 55.3 Å². The highest BCUT2D eigenvalue weighted by atomic mass is 35.5. The van der Waals surface area contributed by atoms with Crippen molar-refractivity contribution in [3.8, 4) is 28.0 Å². The molecule has 0 spiro atoms. The molecule has 2 heterocycles. The van der Waals surface area contributed by atoms with Gasteiger partial charge in [-0.2, -0.15) is 0 Å². The maximum absolute atomic E-state index is 15.0. The van der Waals surface area contributed by atoms with Crippen LogP contribution in [0.2, 0.25) is 5.02 Å². The highest BCUT2D eigenvalue weighted by Crippen LogP contribution is 2.40. The second kappa shape index (κ2) is 12.9. The molecular weight excluding hydrogens is 592 g/mol. The van der Waals surface area contributed by atoms with Crippen LogP contribution in [-0.4, -0.2) is 31.4 Å². The molecule has 0 saturated heterocycles. The molecule has 3 N–H and O–H groups in total. The van der Waals surface area contributed by atoms with E-state index in [2.05, 4.69) is 10.6 Å². The van der Waals surface area contributed by atoms with Gasteiger partial charge < -0.3 is 14.8 Å². The average Bonchev–Trinajstić information content (AvgIpc) is 3.01. The highest BCUT2D eigenvalue weighted by molar-refractivity contribution is 6.31. The van der Waals surface area contributed by atoms with E-state index >= 15 is 0 Å². The molecule has 1 aliphatic rings. The average molecular weight is 623 g/mol. The minimum atomic E-state index is -0.965. The number of ether oxygens (including phenoxy) is 2. The molecule has 44 heavy (non-hydrogen) atoms. The molecule has 0 aliphatic carbocycles. The Labute approximate surface area is 258 Å². The molecule has 0 radical (unpaired) electrons. The van der Waals surface area contributed by atoms with Crippen LogP contribution in [0.5, 0.6) is 5.75 Å². The molecular formula is C33H31ClF2N3O5+. The normalized spacial score (nSPS) is 16.5. The summed E-state index contributed by atoms with van der Waals surface area (Å²) in [5.74, 6) is -2.57. The lowest BCUT2D eigenvalue weighted by Crippen LogP contribution is -2.37. The second-order valence-corrected chi connectivity index (χ2v) is 11.0. The van der Waals surface area contributed by atoms with E-state index in [1.54, 1.807) is 24.3 Å². The molecule has 2 unspecified atom stereocenters. The SMILES string of the molecule is COC(=O)Nc1ccc2c(c1)NC(=O)C(C)CCCC(c1cc(OC)c(-c3c(F)ccc(Cl)c3F)c[n+]1O)c1cccc-2c1. The predicted octanol–water partition coefficient (Wildman–Crippen LogP) is 7.55. The fraction of sp³-hybridized carbons (Fsp3) is 0.242. The van der Waals surface area contributed by atoms with Crippen molar-refractivity contribution >= 4 is 35.0 Å². The first-order chi connectivity index (χ1) is 21.1. The Hall–Kier alpha value is -4.70. The van der Waals surface area contributed by atoms with E-state index in [0.29, 0.717) is 36.3 Å². The third-order valence-electron chi connectivity index (χ3n) is 7.84. The fourth-order valence-electron chi connectivity index (χ4n) is 5.50. The van der Waals surface area contributed by atoms with E-state index in [-0.39, 0.29) is 34.1 Å². The number of nitrogens with zero attached hydrogens (tertiary/aromatic N) is 1.